The van der Waals surface area contributed by atoms with E-state index in [-0.39, 0.29) is 0 Å². The molecule has 1 N–H and O–H groups in total. The van der Waals surface area contributed by atoms with E-state index in [1.807, 2.05) is 0 Å². The molecular weight excluding hydrogens is 208 g/mol. The number of piperazine rings is 1. The van der Waals surface area contributed by atoms with E-state index < -0.39 is 0 Å². The first-order valence-electron chi connectivity index (χ1n) is 7.47. The maximum atomic E-state index is 3.67. The number of hydrogen-bond acceptors (Lipinski definition) is 2. The first-order valence-corrected chi connectivity index (χ1v) is 7.47. The van der Waals surface area contributed by atoms with Gasteiger partial charge in [0.15, 0.2) is 0 Å². The van der Waals surface area contributed by atoms with Crippen LogP contribution in [0.15, 0.2) is 0 Å². The van der Waals surface area contributed by atoms with E-state index >= 15 is 0 Å². The fourth-order valence-electron chi connectivity index (χ4n) is 3.56. The maximum Gasteiger partial charge on any atom is 0.0272 e. The second-order valence-electron chi connectivity index (χ2n) is 7.18. The minimum Gasteiger partial charge on any atom is -0.311 e. The van der Waals surface area contributed by atoms with E-state index in [1.54, 1.807) is 0 Å². The quantitative estimate of drug-likeness (QED) is 0.755. The van der Waals surface area contributed by atoms with Crippen molar-refractivity contribution in [3.05, 3.63) is 0 Å². The lowest BCUT2D eigenvalue weighted by Crippen LogP contribution is -2.62. The first-order chi connectivity index (χ1) is 7.98. The molecule has 1 saturated heterocycles. The zero-order valence-electron chi connectivity index (χ0n) is 12.1. The van der Waals surface area contributed by atoms with Gasteiger partial charge < -0.3 is 5.32 Å². The molecule has 2 rings (SSSR count). The van der Waals surface area contributed by atoms with Gasteiger partial charge in [0.2, 0.25) is 0 Å². The van der Waals surface area contributed by atoms with E-state index in [4.69, 9.17) is 0 Å². The Balaban J connectivity index is 2.07. The topological polar surface area (TPSA) is 15.3 Å². The van der Waals surface area contributed by atoms with Crippen LogP contribution in [0.25, 0.3) is 0 Å². The van der Waals surface area contributed by atoms with Gasteiger partial charge in [-0.2, -0.15) is 0 Å². The van der Waals surface area contributed by atoms with Gasteiger partial charge >= 0.3 is 0 Å². The van der Waals surface area contributed by atoms with Gasteiger partial charge in [-0.25, -0.2) is 0 Å². The molecule has 0 aromatic rings. The summed E-state index contributed by atoms with van der Waals surface area (Å²) in [6.45, 7) is 11.9. The summed E-state index contributed by atoms with van der Waals surface area (Å²) in [4.78, 5) is 2.83. The van der Waals surface area contributed by atoms with Gasteiger partial charge in [-0.05, 0) is 25.2 Å². The van der Waals surface area contributed by atoms with Crippen LogP contribution in [0, 0.1) is 5.41 Å². The van der Waals surface area contributed by atoms with Crippen molar-refractivity contribution < 1.29 is 0 Å². The van der Waals surface area contributed by atoms with Crippen LogP contribution in [0.4, 0.5) is 0 Å². The molecule has 17 heavy (non-hydrogen) atoms. The van der Waals surface area contributed by atoms with Crippen LogP contribution < -0.4 is 5.32 Å². The van der Waals surface area contributed by atoms with Crippen LogP contribution in [0.5, 0.6) is 0 Å². The fourth-order valence-corrected chi connectivity index (χ4v) is 3.56. The molecule has 0 bridgehead atoms. The molecule has 0 aromatic heterocycles. The van der Waals surface area contributed by atoms with Crippen LogP contribution in [-0.4, -0.2) is 36.1 Å². The Morgan fingerprint density at radius 1 is 1.06 bits per heavy atom. The van der Waals surface area contributed by atoms with Crippen molar-refractivity contribution in [3.8, 4) is 0 Å². The first kappa shape index (κ1) is 13.4. The summed E-state index contributed by atoms with van der Waals surface area (Å²) in [5.74, 6) is 0. The zero-order valence-corrected chi connectivity index (χ0v) is 12.1. The van der Waals surface area contributed by atoms with Gasteiger partial charge in [0.1, 0.15) is 0 Å². The van der Waals surface area contributed by atoms with Gasteiger partial charge in [-0.1, -0.05) is 40.0 Å². The van der Waals surface area contributed by atoms with Crippen LogP contribution in [0.3, 0.4) is 0 Å². The Morgan fingerprint density at radius 2 is 1.71 bits per heavy atom. The molecule has 1 saturated carbocycles. The fraction of sp³-hybridized carbons (Fsp3) is 1.00. The Kier molecular flexibility index (Phi) is 4.14. The summed E-state index contributed by atoms with van der Waals surface area (Å²) in [5.41, 5.74) is 0.393. The lowest BCUT2D eigenvalue weighted by atomic mass is 9.81. The van der Waals surface area contributed by atoms with Crippen molar-refractivity contribution in [2.24, 2.45) is 5.41 Å². The SMILES string of the molecule is CC1CN(C2CCCCC2)C(C(C)(C)C)CN1. The average molecular weight is 238 g/mol. The third-order valence-electron chi connectivity index (χ3n) is 4.59. The molecule has 2 nitrogen and oxygen atoms in total. The predicted octanol–water partition coefficient (Wildman–Crippen LogP) is 3.03. The molecule has 2 heteroatoms. The van der Waals surface area contributed by atoms with E-state index in [2.05, 4.69) is 37.9 Å². The number of nitrogens with zero attached hydrogens (tertiary/aromatic N) is 1. The highest BCUT2D eigenvalue weighted by Gasteiger charge is 2.37. The van der Waals surface area contributed by atoms with Crippen LogP contribution in [0.2, 0.25) is 0 Å². The zero-order chi connectivity index (χ0) is 12.5. The predicted molar refractivity (Wildman–Crippen MR) is 74.3 cm³/mol. The Labute approximate surface area is 107 Å². The highest BCUT2D eigenvalue weighted by Crippen LogP contribution is 2.32. The normalized spacial score (nSPS) is 33.9. The third-order valence-corrected chi connectivity index (χ3v) is 4.59. The second-order valence-corrected chi connectivity index (χ2v) is 7.18. The van der Waals surface area contributed by atoms with Gasteiger partial charge in [0.05, 0.1) is 0 Å². The van der Waals surface area contributed by atoms with Gasteiger partial charge in [-0.15, -0.1) is 0 Å². The summed E-state index contributed by atoms with van der Waals surface area (Å²) >= 11 is 0. The van der Waals surface area contributed by atoms with Gasteiger partial charge in [0.25, 0.3) is 0 Å². The largest absolute Gasteiger partial charge is 0.311 e. The highest BCUT2D eigenvalue weighted by molar-refractivity contribution is 4.94. The van der Waals surface area contributed by atoms with E-state index in [9.17, 15) is 0 Å². The monoisotopic (exact) mass is 238 g/mol. The summed E-state index contributed by atoms with van der Waals surface area (Å²) in [6, 6.07) is 2.23. The third kappa shape index (κ3) is 3.23. The molecule has 2 unspecified atom stereocenters. The Morgan fingerprint density at radius 3 is 2.29 bits per heavy atom. The number of rotatable bonds is 1. The van der Waals surface area contributed by atoms with Crippen LogP contribution in [0.1, 0.15) is 59.8 Å². The van der Waals surface area contributed by atoms with E-state index in [0.717, 1.165) is 6.04 Å². The Bertz CT molecular complexity index is 238. The molecule has 1 heterocycles. The summed E-state index contributed by atoms with van der Waals surface area (Å²) in [5, 5.41) is 3.67. The van der Waals surface area contributed by atoms with Crippen molar-refractivity contribution in [2.75, 3.05) is 13.1 Å². The molecule has 0 amide bonds. The van der Waals surface area contributed by atoms with Gasteiger partial charge in [-0.3, -0.25) is 4.90 Å². The van der Waals surface area contributed by atoms with Crippen molar-refractivity contribution in [1.82, 2.24) is 10.2 Å². The van der Waals surface area contributed by atoms with E-state index in [0.29, 0.717) is 17.5 Å². The molecule has 1 aliphatic heterocycles. The maximum absolute atomic E-state index is 3.67. The molecule has 0 radical (unpaired) electrons. The molecule has 2 atom stereocenters. The molecule has 2 aliphatic rings. The summed E-state index contributed by atoms with van der Waals surface area (Å²) in [6.07, 6.45) is 7.20. The average Bonchev–Trinajstić information content (AvgIpc) is 2.28. The summed E-state index contributed by atoms with van der Waals surface area (Å²) in [7, 11) is 0. The summed E-state index contributed by atoms with van der Waals surface area (Å²) < 4.78 is 0. The molecule has 2 fully saturated rings. The lowest BCUT2D eigenvalue weighted by Gasteiger charge is -2.50. The number of nitrogens with one attached hydrogen (secondary N) is 1. The van der Waals surface area contributed by atoms with E-state index in [1.165, 1.54) is 45.2 Å². The van der Waals surface area contributed by atoms with Gasteiger partial charge in [0, 0.05) is 31.2 Å². The lowest BCUT2D eigenvalue weighted by molar-refractivity contribution is 0.0105. The molecule has 1 aliphatic carbocycles. The molecular formula is C15H30N2. The Hall–Kier alpha value is -0.0800. The second kappa shape index (κ2) is 5.27. The van der Waals surface area contributed by atoms with Crippen molar-refractivity contribution in [3.63, 3.8) is 0 Å². The minimum absolute atomic E-state index is 0.393. The van der Waals surface area contributed by atoms with Crippen molar-refractivity contribution in [1.29, 1.82) is 0 Å². The molecule has 0 aromatic carbocycles. The van der Waals surface area contributed by atoms with Crippen molar-refractivity contribution >= 4 is 0 Å². The standard InChI is InChI=1S/C15H30N2/c1-12-11-17(13-8-6-5-7-9-13)14(10-16-12)15(2,3)4/h12-14,16H,5-11H2,1-4H3. The molecule has 100 valence electrons. The highest BCUT2D eigenvalue weighted by atomic mass is 15.3. The van der Waals surface area contributed by atoms with Crippen LogP contribution in [-0.2, 0) is 0 Å². The van der Waals surface area contributed by atoms with Crippen molar-refractivity contribution in [2.45, 2.75) is 77.9 Å². The minimum atomic E-state index is 0.393. The smallest absolute Gasteiger partial charge is 0.0272 e. The number of hydrogen-bond donors (Lipinski definition) is 1. The van der Waals surface area contributed by atoms with Crippen LogP contribution >= 0.6 is 0 Å². The molecule has 0 spiro atoms.